The van der Waals surface area contributed by atoms with E-state index in [4.69, 9.17) is 0 Å². The largest absolute Gasteiger partial charge is 0.355 e. The standard InChI is InChI=1S/C14H22N4/c1-12-4-5-13(17-16-12)18-9-3-7-14(11-18)6-2-8-15-10-14/h4-5,15H,2-3,6-11H2,1H3. The zero-order valence-electron chi connectivity index (χ0n) is 11.2. The fourth-order valence-corrected chi connectivity index (χ4v) is 3.34. The van der Waals surface area contributed by atoms with Crippen molar-refractivity contribution in [3.8, 4) is 0 Å². The minimum atomic E-state index is 0.475. The molecule has 18 heavy (non-hydrogen) atoms. The number of rotatable bonds is 1. The number of hydrogen-bond donors (Lipinski definition) is 1. The van der Waals surface area contributed by atoms with Crippen LogP contribution < -0.4 is 10.2 Å². The van der Waals surface area contributed by atoms with E-state index in [-0.39, 0.29) is 0 Å². The average molecular weight is 246 g/mol. The second-order valence-electron chi connectivity index (χ2n) is 5.84. The monoisotopic (exact) mass is 246 g/mol. The summed E-state index contributed by atoms with van der Waals surface area (Å²) in [5.74, 6) is 1.05. The second kappa shape index (κ2) is 4.84. The van der Waals surface area contributed by atoms with Gasteiger partial charge in [-0.25, -0.2) is 0 Å². The number of piperidine rings is 2. The van der Waals surface area contributed by atoms with Crippen molar-refractivity contribution >= 4 is 5.82 Å². The zero-order valence-corrected chi connectivity index (χ0v) is 11.2. The maximum atomic E-state index is 4.34. The Morgan fingerprint density at radius 1 is 1.22 bits per heavy atom. The van der Waals surface area contributed by atoms with E-state index in [9.17, 15) is 0 Å². The molecular formula is C14H22N4. The molecule has 4 heteroatoms. The first-order valence-corrected chi connectivity index (χ1v) is 7.04. The lowest BCUT2D eigenvalue weighted by molar-refractivity contribution is 0.172. The van der Waals surface area contributed by atoms with E-state index >= 15 is 0 Å². The van der Waals surface area contributed by atoms with E-state index in [1.54, 1.807) is 0 Å². The molecule has 0 aliphatic carbocycles. The third kappa shape index (κ3) is 2.34. The quantitative estimate of drug-likeness (QED) is 0.819. The van der Waals surface area contributed by atoms with Gasteiger partial charge in [0.1, 0.15) is 0 Å². The molecule has 2 aliphatic rings. The minimum absolute atomic E-state index is 0.475. The van der Waals surface area contributed by atoms with Crippen LogP contribution in [-0.2, 0) is 0 Å². The average Bonchev–Trinajstić information content (AvgIpc) is 2.40. The summed E-state index contributed by atoms with van der Waals surface area (Å²) >= 11 is 0. The van der Waals surface area contributed by atoms with E-state index in [1.165, 1.54) is 38.8 Å². The molecule has 2 saturated heterocycles. The van der Waals surface area contributed by atoms with Gasteiger partial charge < -0.3 is 10.2 Å². The van der Waals surface area contributed by atoms with Crippen molar-refractivity contribution < 1.29 is 0 Å². The SMILES string of the molecule is Cc1ccc(N2CCCC3(CCCNC3)C2)nn1. The number of nitrogens with zero attached hydrogens (tertiary/aromatic N) is 3. The molecule has 1 atom stereocenters. The number of hydrogen-bond acceptors (Lipinski definition) is 4. The first-order chi connectivity index (χ1) is 8.77. The Balaban J connectivity index is 1.75. The van der Waals surface area contributed by atoms with Crippen molar-refractivity contribution in [2.75, 3.05) is 31.1 Å². The van der Waals surface area contributed by atoms with E-state index in [0.717, 1.165) is 24.6 Å². The highest BCUT2D eigenvalue weighted by molar-refractivity contribution is 5.38. The molecular weight excluding hydrogens is 224 g/mol. The lowest BCUT2D eigenvalue weighted by Crippen LogP contribution is -2.51. The van der Waals surface area contributed by atoms with Crippen molar-refractivity contribution in [2.45, 2.75) is 32.6 Å². The molecule has 1 aromatic rings. The zero-order chi connectivity index (χ0) is 12.4. The Labute approximate surface area is 109 Å². The van der Waals surface area contributed by atoms with Crippen molar-refractivity contribution in [1.82, 2.24) is 15.5 Å². The van der Waals surface area contributed by atoms with Crippen molar-refractivity contribution in [1.29, 1.82) is 0 Å². The van der Waals surface area contributed by atoms with Gasteiger partial charge in [-0.05, 0) is 51.3 Å². The molecule has 1 spiro atoms. The van der Waals surface area contributed by atoms with E-state index in [1.807, 2.05) is 6.92 Å². The maximum Gasteiger partial charge on any atom is 0.151 e. The summed E-state index contributed by atoms with van der Waals surface area (Å²) in [4.78, 5) is 2.42. The Morgan fingerprint density at radius 2 is 2.11 bits per heavy atom. The number of aromatic nitrogens is 2. The molecule has 1 aromatic heterocycles. The first-order valence-electron chi connectivity index (χ1n) is 7.04. The molecule has 0 aromatic carbocycles. The van der Waals surface area contributed by atoms with Crippen LogP contribution in [0.2, 0.25) is 0 Å². The van der Waals surface area contributed by atoms with Crippen LogP contribution in [0.1, 0.15) is 31.4 Å². The Morgan fingerprint density at radius 3 is 2.83 bits per heavy atom. The summed E-state index contributed by atoms with van der Waals surface area (Å²) in [6, 6.07) is 4.17. The molecule has 0 saturated carbocycles. The van der Waals surface area contributed by atoms with Crippen LogP contribution in [0.3, 0.4) is 0 Å². The van der Waals surface area contributed by atoms with Gasteiger partial charge in [-0.3, -0.25) is 0 Å². The van der Waals surface area contributed by atoms with Gasteiger partial charge >= 0.3 is 0 Å². The van der Waals surface area contributed by atoms with Gasteiger partial charge in [-0.15, -0.1) is 5.10 Å². The van der Waals surface area contributed by atoms with Gasteiger partial charge in [0, 0.05) is 25.0 Å². The Bertz CT molecular complexity index is 389. The van der Waals surface area contributed by atoms with Crippen LogP contribution in [0.25, 0.3) is 0 Å². The summed E-state index contributed by atoms with van der Waals surface area (Å²) in [6.07, 6.45) is 5.30. The van der Waals surface area contributed by atoms with Gasteiger partial charge in [0.2, 0.25) is 0 Å². The normalized spacial score (nSPS) is 28.6. The van der Waals surface area contributed by atoms with Gasteiger partial charge in [0.15, 0.2) is 5.82 Å². The summed E-state index contributed by atoms with van der Waals surface area (Å²) in [5.41, 5.74) is 1.47. The molecule has 98 valence electrons. The second-order valence-corrected chi connectivity index (χ2v) is 5.84. The van der Waals surface area contributed by atoms with Crippen LogP contribution in [0.15, 0.2) is 12.1 Å². The van der Waals surface area contributed by atoms with E-state index < -0.39 is 0 Å². The molecule has 4 nitrogen and oxygen atoms in total. The summed E-state index contributed by atoms with van der Waals surface area (Å²) in [7, 11) is 0. The number of anilines is 1. The van der Waals surface area contributed by atoms with Gasteiger partial charge in [0.25, 0.3) is 0 Å². The predicted molar refractivity (Wildman–Crippen MR) is 72.8 cm³/mol. The van der Waals surface area contributed by atoms with E-state index in [0.29, 0.717) is 5.41 Å². The van der Waals surface area contributed by atoms with Gasteiger partial charge in [-0.1, -0.05) is 0 Å². The molecule has 1 unspecified atom stereocenters. The fourth-order valence-electron chi connectivity index (χ4n) is 3.34. The third-order valence-electron chi connectivity index (χ3n) is 4.33. The fraction of sp³-hybridized carbons (Fsp3) is 0.714. The molecule has 3 rings (SSSR count). The van der Waals surface area contributed by atoms with Crippen molar-refractivity contribution in [3.05, 3.63) is 17.8 Å². The number of aryl methyl sites for hydroxylation is 1. The van der Waals surface area contributed by atoms with Gasteiger partial charge in [-0.2, -0.15) is 5.10 Å². The van der Waals surface area contributed by atoms with Crippen LogP contribution in [0, 0.1) is 12.3 Å². The summed E-state index contributed by atoms with van der Waals surface area (Å²) in [6.45, 7) is 6.60. The smallest absolute Gasteiger partial charge is 0.151 e. The minimum Gasteiger partial charge on any atom is -0.355 e. The lowest BCUT2D eigenvalue weighted by atomic mass is 9.74. The van der Waals surface area contributed by atoms with Crippen LogP contribution in [0.5, 0.6) is 0 Å². The molecule has 0 bridgehead atoms. The third-order valence-corrected chi connectivity index (χ3v) is 4.33. The molecule has 3 heterocycles. The maximum absolute atomic E-state index is 4.34. The lowest BCUT2D eigenvalue weighted by Gasteiger charge is -2.45. The highest BCUT2D eigenvalue weighted by Gasteiger charge is 2.36. The predicted octanol–water partition coefficient (Wildman–Crippen LogP) is 1.76. The highest BCUT2D eigenvalue weighted by Crippen LogP contribution is 2.36. The molecule has 0 radical (unpaired) electrons. The molecule has 2 fully saturated rings. The van der Waals surface area contributed by atoms with Gasteiger partial charge in [0.05, 0.1) is 5.69 Å². The van der Waals surface area contributed by atoms with E-state index in [2.05, 4.69) is 32.5 Å². The topological polar surface area (TPSA) is 41.0 Å². The van der Waals surface area contributed by atoms with Crippen molar-refractivity contribution in [2.24, 2.45) is 5.41 Å². The highest BCUT2D eigenvalue weighted by atomic mass is 15.3. The molecule has 2 aliphatic heterocycles. The number of nitrogens with one attached hydrogen (secondary N) is 1. The van der Waals surface area contributed by atoms with Crippen LogP contribution >= 0.6 is 0 Å². The summed E-state index contributed by atoms with van der Waals surface area (Å²) in [5, 5.41) is 12.1. The van der Waals surface area contributed by atoms with Crippen LogP contribution in [-0.4, -0.2) is 36.4 Å². The summed E-state index contributed by atoms with van der Waals surface area (Å²) < 4.78 is 0. The van der Waals surface area contributed by atoms with Crippen LogP contribution in [0.4, 0.5) is 5.82 Å². The Hall–Kier alpha value is -1.16. The Kier molecular flexibility index (Phi) is 3.20. The molecule has 0 amide bonds. The molecule has 1 N–H and O–H groups in total. The first kappa shape index (κ1) is 11.9. The van der Waals surface area contributed by atoms with Crippen molar-refractivity contribution in [3.63, 3.8) is 0 Å².